The number of halogens is 1. The second-order valence-corrected chi connectivity index (χ2v) is 5.71. The number of nitrogens with one attached hydrogen (secondary N) is 1. The van der Waals surface area contributed by atoms with E-state index < -0.39 is 5.97 Å². The van der Waals surface area contributed by atoms with Gasteiger partial charge < -0.3 is 15.2 Å². The maximum Gasteiger partial charge on any atom is 0.337 e. The van der Waals surface area contributed by atoms with Crippen LogP contribution in [0, 0.1) is 5.41 Å². The second-order valence-electron chi connectivity index (χ2n) is 5.27. The molecule has 0 spiro atoms. The molecule has 0 aromatic heterocycles. The van der Waals surface area contributed by atoms with Crippen molar-refractivity contribution in [3.8, 4) is 0 Å². The second kappa shape index (κ2) is 5.80. The van der Waals surface area contributed by atoms with Gasteiger partial charge in [-0.05, 0) is 36.5 Å². The van der Waals surface area contributed by atoms with Crippen LogP contribution in [-0.4, -0.2) is 30.8 Å². The van der Waals surface area contributed by atoms with Crippen molar-refractivity contribution in [2.24, 2.45) is 5.41 Å². The van der Waals surface area contributed by atoms with E-state index in [0.29, 0.717) is 10.7 Å². The highest BCUT2D eigenvalue weighted by molar-refractivity contribution is 6.31. The summed E-state index contributed by atoms with van der Waals surface area (Å²) < 4.78 is 5.36. The van der Waals surface area contributed by atoms with Crippen LogP contribution in [0.1, 0.15) is 30.1 Å². The number of benzene rings is 1. The molecule has 1 saturated heterocycles. The minimum Gasteiger partial charge on any atom is -0.478 e. The molecule has 1 aromatic carbocycles. The van der Waals surface area contributed by atoms with E-state index in [0.717, 1.165) is 32.6 Å². The molecule has 0 unspecified atom stereocenters. The van der Waals surface area contributed by atoms with E-state index in [9.17, 15) is 9.90 Å². The molecule has 1 aliphatic heterocycles. The molecule has 104 valence electrons. The van der Waals surface area contributed by atoms with Crippen LogP contribution in [0.3, 0.4) is 0 Å². The van der Waals surface area contributed by atoms with E-state index in [2.05, 4.69) is 12.2 Å². The molecule has 5 heteroatoms. The fourth-order valence-electron chi connectivity index (χ4n) is 2.20. The third-order valence-electron chi connectivity index (χ3n) is 3.62. The highest BCUT2D eigenvalue weighted by atomic mass is 35.5. The molecule has 1 aromatic rings. The summed E-state index contributed by atoms with van der Waals surface area (Å²) in [5.41, 5.74) is 0.973. The molecular weight excluding hydrogens is 266 g/mol. The highest BCUT2D eigenvalue weighted by Crippen LogP contribution is 2.31. The third-order valence-corrected chi connectivity index (χ3v) is 3.85. The Hall–Kier alpha value is -1.26. The van der Waals surface area contributed by atoms with E-state index in [-0.39, 0.29) is 11.0 Å². The fourth-order valence-corrected chi connectivity index (χ4v) is 2.37. The lowest BCUT2D eigenvalue weighted by molar-refractivity contribution is 0.0299. The topological polar surface area (TPSA) is 58.6 Å². The van der Waals surface area contributed by atoms with Crippen molar-refractivity contribution in [2.75, 3.05) is 25.1 Å². The number of carbonyl (C=O) groups is 1. The molecule has 0 saturated carbocycles. The Morgan fingerprint density at radius 3 is 2.79 bits per heavy atom. The minimum absolute atomic E-state index is 0.146. The Bertz CT molecular complexity index is 470. The average Bonchev–Trinajstić information content (AvgIpc) is 2.38. The van der Waals surface area contributed by atoms with Crippen molar-refractivity contribution in [1.82, 2.24) is 0 Å². The van der Waals surface area contributed by atoms with Gasteiger partial charge in [-0.25, -0.2) is 4.79 Å². The monoisotopic (exact) mass is 283 g/mol. The predicted octanol–water partition coefficient (Wildman–Crippen LogP) is 3.27. The van der Waals surface area contributed by atoms with Gasteiger partial charge in [0.1, 0.15) is 0 Å². The third kappa shape index (κ3) is 3.61. The van der Waals surface area contributed by atoms with Crippen molar-refractivity contribution in [3.05, 3.63) is 28.8 Å². The van der Waals surface area contributed by atoms with Crippen LogP contribution in [0.2, 0.25) is 5.02 Å². The van der Waals surface area contributed by atoms with Gasteiger partial charge in [-0.3, -0.25) is 0 Å². The quantitative estimate of drug-likeness (QED) is 0.890. The molecule has 0 radical (unpaired) electrons. The summed E-state index contributed by atoms with van der Waals surface area (Å²) in [6, 6.07) is 4.88. The number of carboxylic acid groups (broad SMARTS) is 1. The van der Waals surface area contributed by atoms with Crippen LogP contribution in [-0.2, 0) is 4.74 Å². The summed E-state index contributed by atoms with van der Waals surface area (Å²) in [7, 11) is 0. The maximum atomic E-state index is 11.2. The number of hydrogen-bond acceptors (Lipinski definition) is 3. The summed E-state index contributed by atoms with van der Waals surface area (Å²) >= 11 is 5.83. The molecular formula is C14H18ClNO3. The van der Waals surface area contributed by atoms with Crippen LogP contribution in [0.5, 0.6) is 0 Å². The molecule has 4 nitrogen and oxygen atoms in total. The summed E-state index contributed by atoms with van der Waals surface area (Å²) in [6.45, 7) is 4.46. The molecule has 19 heavy (non-hydrogen) atoms. The van der Waals surface area contributed by atoms with E-state index in [4.69, 9.17) is 16.3 Å². The molecule has 1 fully saturated rings. The lowest BCUT2D eigenvalue weighted by Gasteiger charge is -2.34. The first-order valence-electron chi connectivity index (χ1n) is 6.35. The van der Waals surface area contributed by atoms with Crippen LogP contribution < -0.4 is 5.32 Å². The molecule has 0 amide bonds. The van der Waals surface area contributed by atoms with Crippen LogP contribution in [0.4, 0.5) is 5.69 Å². The summed E-state index contributed by atoms with van der Waals surface area (Å²) in [5.74, 6) is -0.970. The van der Waals surface area contributed by atoms with Crippen molar-refractivity contribution >= 4 is 23.3 Å². The predicted molar refractivity (Wildman–Crippen MR) is 75.1 cm³/mol. The standard InChI is InChI=1S/C14H18ClNO3/c1-14(4-6-19-7-5-14)9-16-12-3-2-10(15)8-11(12)13(17)18/h2-3,8,16H,4-7,9H2,1H3,(H,17,18). The van der Waals surface area contributed by atoms with Crippen molar-refractivity contribution in [2.45, 2.75) is 19.8 Å². The van der Waals surface area contributed by atoms with Gasteiger partial charge in [0.15, 0.2) is 0 Å². The molecule has 0 aliphatic carbocycles. The highest BCUT2D eigenvalue weighted by Gasteiger charge is 2.27. The molecule has 1 heterocycles. The van der Waals surface area contributed by atoms with Gasteiger partial charge in [0.25, 0.3) is 0 Å². The Morgan fingerprint density at radius 1 is 1.47 bits per heavy atom. The fraction of sp³-hybridized carbons (Fsp3) is 0.500. The van der Waals surface area contributed by atoms with E-state index in [1.165, 1.54) is 6.07 Å². The first kappa shape index (κ1) is 14.2. The number of hydrogen-bond donors (Lipinski definition) is 2. The zero-order valence-corrected chi connectivity index (χ0v) is 11.7. The SMILES string of the molecule is CC1(CNc2ccc(Cl)cc2C(=O)O)CCOCC1. The summed E-state index contributed by atoms with van der Waals surface area (Å²) in [6.07, 6.45) is 1.96. The van der Waals surface area contributed by atoms with E-state index >= 15 is 0 Å². The molecule has 2 N–H and O–H groups in total. The zero-order chi connectivity index (χ0) is 13.9. The lowest BCUT2D eigenvalue weighted by atomic mass is 9.82. The van der Waals surface area contributed by atoms with E-state index in [1.807, 2.05) is 0 Å². The first-order chi connectivity index (χ1) is 9.00. The summed E-state index contributed by atoms with van der Waals surface area (Å²) in [5, 5.41) is 12.8. The van der Waals surface area contributed by atoms with Crippen LogP contribution in [0.25, 0.3) is 0 Å². The van der Waals surface area contributed by atoms with Crippen molar-refractivity contribution in [3.63, 3.8) is 0 Å². The Kier molecular flexibility index (Phi) is 4.32. The van der Waals surface area contributed by atoms with Gasteiger partial charge in [-0.2, -0.15) is 0 Å². The Morgan fingerprint density at radius 2 is 2.16 bits per heavy atom. The van der Waals surface area contributed by atoms with Gasteiger partial charge in [0, 0.05) is 30.5 Å². The van der Waals surface area contributed by atoms with Gasteiger partial charge in [0.05, 0.1) is 5.56 Å². The van der Waals surface area contributed by atoms with Crippen LogP contribution >= 0.6 is 11.6 Å². The molecule has 0 atom stereocenters. The number of anilines is 1. The Labute approximate surface area is 117 Å². The average molecular weight is 284 g/mol. The summed E-state index contributed by atoms with van der Waals surface area (Å²) in [4.78, 5) is 11.2. The smallest absolute Gasteiger partial charge is 0.337 e. The van der Waals surface area contributed by atoms with E-state index in [1.54, 1.807) is 12.1 Å². The van der Waals surface area contributed by atoms with Gasteiger partial charge in [0.2, 0.25) is 0 Å². The molecule has 0 bridgehead atoms. The van der Waals surface area contributed by atoms with Crippen LogP contribution in [0.15, 0.2) is 18.2 Å². The number of carboxylic acids is 1. The number of rotatable bonds is 4. The molecule has 1 aliphatic rings. The molecule has 2 rings (SSSR count). The zero-order valence-electron chi connectivity index (χ0n) is 10.9. The van der Waals surface area contributed by atoms with Crippen molar-refractivity contribution < 1.29 is 14.6 Å². The van der Waals surface area contributed by atoms with Crippen molar-refractivity contribution in [1.29, 1.82) is 0 Å². The van der Waals surface area contributed by atoms with Gasteiger partial charge in [-0.1, -0.05) is 18.5 Å². The van der Waals surface area contributed by atoms with Gasteiger partial charge >= 0.3 is 5.97 Å². The Balaban J connectivity index is 2.08. The van der Waals surface area contributed by atoms with Gasteiger partial charge in [-0.15, -0.1) is 0 Å². The number of aromatic carboxylic acids is 1. The largest absolute Gasteiger partial charge is 0.478 e. The minimum atomic E-state index is -0.970. The lowest BCUT2D eigenvalue weighted by Crippen LogP contribution is -2.33. The number of ether oxygens (including phenoxy) is 1. The first-order valence-corrected chi connectivity index (χ1v) is 6.72. The normalized spacial score (nSPS) is 18.0. The maximum absolute atomic E-state index is 11.2.